The highest BCUT2D eigenvalue weighted by molar-refractivity contribution is 7.89. The summed E-state index contributed by atoms with van der Waals surface area (Å²) in [5.74, 6) is -0.116. The van der Waals surface area contributed by atoms with Gasteiger partial charge in [0, 0.05) is 44.5 Å². The van der Waals surface area contributed by atoms with Crippen LogP contribution in [-0.4, -0.2) is 56.3 Å². The van der Waals surface area contributed by atoms with E-state index < -0.39 is 21.8 Å². The Bertz CT molecular complexity index is 1160. The molecule has 1 aromatic carbocycles. The Balaban J connectivity index is 1.46. The second-order valence-electron chi connectivity index (χ2n) is 7.27. The molecule has 0 radical (unpaired) electrons. The van der Waals surface area contributed by atoms with Gasteiger partial charge in [-0.25, -0.2) is 13.4 Å². The second-order valence-corrected chi connectivity index (χ2v) is 9.60. The smallest absolute Gasteiger partial charge is 0.354 e. The molecule has 0 unspecified atom stereocenters. The monoisotopic (exact) mass is 486 g/mol. The number of nitrogens with zero attached hydrogens (tertiary/aromatic N) is 4. The Morgan fingerprint density at radius 1 is 1.00 bits per heavy atom. The third-order valence-corrected chi connectivity index (χ3v) is 7.38. The summed E-state index contributed by atoms with van der Waals surface area (Å²) in [4.78, 5) is 18.9. The van der Waals surface area contributed by atoms with Crippen molar-refractivity contribution < 1.29 is 26.4 Å². The van der Waals surface area contributed by atoms with Crippen LogP contribution in [0.4, 0.5) is 24.7 Å². The maximum Gasteiger partial charge on any atom is 0.416 e. The topological polar surface area (TPSA) is 73.8 Å². The highest BCUT2D eigenvalue weighted by atomic mass is 35.5. The molecule has 1 fully saturated rings. The Morgan fingerprint density at radius 2 is 1.66 bits per heavy atom. The van der Waals surface area contributed by atoms with Crippen LogP contribution in [-0.2, 0) is 21.0 Å². The molecule has 0 aliphatic carbocycles. The summed E-state index contributed by atoms with van der Waals surface area (Å²) in [6.45, 7) is 0.911. The molecule has 0 N–H and O–H groups in total. The molecule has 0 bridgehead atoms. The Hall–Kier alpha value is -2.63. The summed E-state index contributed by atoms with van der Waals surface area (Å²) in [5, 5.41) is -0.281. The van der Waals surface area contributed by atoms with Gasteiger partial charge in [-0.2, -0.15) is 17.5 Å². The molecule has 1 aromatic heterocycles. The van der Waals surface area contributed by atoms with Gasteiger partial charge in [-0.15, -0.1) is 0 Å². The van der Waals surface area contributed by atoms with Gasteiger partial charge in [-0.05, 0) is 36.4 Å². The van der Waals surface area contributed by atoms with Gasteiger partial charge < -0.3 is 9.80 Å². The van der Waals surface area contributed by atoms with Gasteiger partial charge >= 0.3 is 6.18 Å². The summed E-state index contributed by atoms with van der Waals surface area (Å²) in [6.07, 6.45) is -1.39. The zero-order valence-corrected chi connectivity index (χ0v) is 18.2. The Kier molecular flexibility index (Phi) is 5.91. The minimum atomic E-state index is -4.56. The first-order chi connectivity index (χ1) is 15.1. The maximum atomic E-state index is 13.1. The van der Waals surface area contributed by atoms with Crippen LogP contribution >= 0.6 is 11.6 Å². The quantitative estimate of drug-likeness (QED) is 0.621. The first-order valence-corrected chi connectivity index (χ1v) is 11.5. The molecular weight excluding hydrogens is 469 g/mol. The van der Waals surface area contributed by atoms with Crippen LogP contribution in [0.2, 0.25) is 5.15 Å². The molecule has 7 nitrogen and oxygen atoms in total. The zero-order chi connectivity index (χ0) is 23.1. The van der Waals surface area contributed by atoms with Crippen LogP contribution in [0.1, 0.15) is 5.56 Å². The average Bonchev–Trinajstić information content (AvgIpc) is 3.19. The molecular formula is C20H18ClF3N4O3S. The van der Waals surface area contributed by atoms with Crippen LogP contribution in [0.3, 0.4) is 0 Å². The molecule has 0 atom stereocenters. The minimum absolute atomic E-state index is 0.0510. The number of rotatable bonds is 4. The van der Waals surface area contributed by atoms with Crippen molar-refractivity contribution >= 4 is 39.0 Å². The predicted molar refractivity (Wildman–Crippen MR) is 113 cm³/mol. The largest absolute Gasteiger partial charge is 0.416 e. The van der Waals surface area contributed by atoms with Gasteiger partial charge in [-0.1, -0.05) is 17.7 Å². The number of sulfonamides is 1. The van der Waals surface area contributed by atoms with E-state index in [0.29, 0.717) is 12.2 Å². The second kappa shape index (κ2) is 8.38. The van der Waals surface area contributed by atoms with Crippen LogP contribution in [0.25, 0.3) is 0 Å². The molecule has 1 saturated heterocycles. The highest BCUT2D eigenvalue weighted by Crippen LogP contribution is 2.33. The molecule has 0 spiro atoms. The van der Waals surface area contributed by atoms with Crippen molar-refractivity contribution in [1.82, 2.24) is 9.29 Å². The Labute approximate surface area is 187 Å². The number of hydrogen-bond donors (Lipinski definition) is 0. The predicted octanol–water partition coefficient (Wildman–Crippen LogP) is 3.17. The molecule has 170 valence electrons. The van der Waals surface area contributed by atoms with Crippen LogP contribution in [0.5, 0.6) is 0 Å². The molecule has 2 aromatic rings. The van der Waals surface area contributed by atoms with E-state index in [-0.39, 0.29) is 48.0 Å². The van der Waals surface area contributed by atoms with Crippen molar-refractivity contribution in [2.24, 2.45) is 0 Å². The number of hydrogen-bond acceptors (Lipinski definition) is 5. The van der Waals surface area contributed by atoms with Crippen molar-refractivity contribution in [3.63, 3.8) is 0 Å². The fourth-order valence-electron chi connectivity index (χ4n) is 3.58. The number of piperazine rings is 1. The highest BCUT2D eigenvalue weighted by Gasteiger charge is 2.33. The van der Waals surface area contributed by atoms with E-state index in [2.05, 4.69) is 4.98 Å². The lowest BCUT2D eigenvalue weighted by Crippen LogP contribution is -2.49. The lowest BCUT2D eigenvalue weighted by Gasteiger charge is -2.35. The van der Waals surface area contributed by atoms with Crippen molar-refractivity contribution in [2.45, 2.75) is 11.1 Å². The number of pyridine rings is 1. The molecule has 2 aliphatic rings. The minimum Gasteiger partial charge on any atom is -0.354 e. The summed E-state index contributed by atoms with van der Waals surface area (Å²) in [6, 6.07) is 7.68. The van der Waals surface area contributed by atoms with E-state index in [4.69, 9.17) is 11.6 Å². The number of carbonyl (C=O) groups excluding carboxylic acids is 1. The number of halogens is 4. The van der Waals surface area contributed by atoms with E-state index in [1.54, 1.807) is 23.1 Å². The van der Waals surface area contributed by atoms with E-state index in [0.717, 1.165) is 12.1 Å². The fraction of sp³-hybridized carbons (Fsp3) is 0.300. The van der Waals surface area contributed by atoms with Gasteiger partial charge in [0.1, 0.15) is 11.0 Å². The van der Waals surface area contributed by atoms with Gasteiger partial charge in [-0.3, -0.25) is 4.79 Å². The van der Waals surface area contributed by atoms with Gasteiger partial charge in [0.15, 0.2) is 0 Å². The number of carbonyl (C=O) groups is 1. The van der Waals surface area contributed by atoms with E-state index >= 15 is 0 Å². The SMILES string of the molecule is O=C1C=CCN1c1ccc(S(=O)(=O)N2CCN(c3cc(C(F)(F)F)cc(Cl)n3)CC2)cc1. The first kappa shape index (κ1) is 22.6. The number of aromatic nitrogens is 1. The molecule has 3 heterocycles. The molecule has 32 heavy (non-hydrogen) atoms. The van der Waals surface area contributed by atoms with Gasteiger partial charge in [0.25, 0.3) is 5.91 Å². The molecule has 4 rings (SSSR count). The molecule has 1 amide bonds. The third kappa shape index (κ3) is 4.45. The fourth-order valence-corrected chi connectivity index (χ4v) is 5.21. The number of alkyl halides is 3. The van der Waals surface area contributed by atoms with Gasteiger partial charge in [0.2, 0.25) is 10.0 Å². The van der Waals surface area contributed by atoms with E-state index in [9.17, 15) is 26.4 Å². The molecule has 0 saturated carbocycles. The summed E-state index contributed by atoms with van der Waals surface area (Å²) in [7, 11) is -3.80. The lowest BCUT2D eigenvalue weighted by molar-refractivity contribution is -0.137. The standard InChI is InChI=1S/C20H18ClF3N4O3S/c21-17-12-14(20(22,23)24)13-18(25-17)26-8-10-27(11-9-26)32(30,31)16-5-3-15(4-6-16)28-7-1-2-19(28)29/h1-6,12-13H,7-11H2. The zero-order valence-electron chi connectivity index (χ0n) is 16.6. The van der Waals surface area contributed by atoms with Crippen molar-refractivity contribution in [3.8, 4) is 0 Å². The third-order valence-electron chi connectivity index (χ3n) is 5.27. The lowest BCUT2D eigenvalue weighted by atomic mass is 10.2. The number of anilines is 2. The van der Waals surface area contributed by atoms with Crippen LogP contribution in [0, 0.1) is 0 Å². The summed E-state index contributed by atoms with van der Waals surface area (Å²) >= 11 is 5.75. The number of benzene rings is 1. The molecule has 2 aliphatic heterocycles. The Morgan fingerprint density at radius 3 is 2.22 bits per heavy atom. The van der Waals surface area contributed by atoms with Crippen LogP contribution < -0.4 is 9.80 Å². The average molecular weight is 487 g/mol. The first-order valence-electron chi connectivity index (χ1n) is 9.64. The number of amides is 1. The molecule has 12 heteroatoms. The van der Waals surface area contributed by atoms with Crippen molar-refractivity contribution in [3.05, 3.63) is 59.3 Å². The normalized spacial score (nSPS) is 17.9. The van der Waals surface area contributed by atoms with Crippen molar-refractivity contribution in [1.29, 1.82) is 0 Å². The van der Waals surface area contributed by atoms with E-state index in [1.165, 1.54) is 27.4 Å². The van der Waals surface area contributed by atoms with Gasteiger partial charge in [0.05, 0.1) is 10.5 Å². The summed E-state index contributed by atoms with van der Waals surface area (Å²) in [5.41, 5.74) is -0.314. The van der Waals surface area contributed by atoms with Crippen molar-refractivity contribution in [2.75, 3.05) is 42.5 Å². The van der Waals surface area contributed by atoms with E-state index in [1.807, 2.05) is 0 Å². The van der Waals surface area contributed by atoms with Crippen LogP contribution in [0.15, 0.2) is 53.4 Å². The maximum absolute atomic E-state index is 13.1. The summed E-state index contributed by atoms with van der Waals surface area (Å²) < 4.78 is 66.4.